The summed E-state index contributed by atoms with van der Waals surface area (Å²) in [6.07, 6.45) is 0. The summed E-state index contributed by atoms with van der Waals surface area (Å²) in [6.45, 7) is 7.69. The lowest BCUT2D eigenvalue weighted by Gasteiger charge is -2.16. The molecule has 0 unspecified atom stereocenters. The van der Waals surface area contributed by atoms with Crippen LogP contribution in [0.25, 0.3) is 0 Å². The standard InChI is InChI=1S/C18H22ClNO/c1-13(2)16-12-17(19)14(3)11-18(16)21-10-9-20-15-7-5-4-6-8-15/h4-8,11-13,20H,9-10H2,1-3H3. The summed E-state index contributed by atoms with van der Waals surface area (Å²) in [5.41, 5.74) is 3.31. The molecule has 0 amide bonds. The molecule has 0 fully saturated rings. The number of hydrogen-bond donors (Lipinski definition) is 1. The molecule has 0 spiro atoms. The van der Waals surface area contributed by atoms with Crippen molar-refractivity contribution in [2.75, 3.05) is 18.5 Å². The van der Waals surface area contributed by atoms with Gasteiger partial charge in [0.25, 0.3) is 0 Å². The lowest BCUT2D eigenvalue weighted by molar-refractivity contribution is 0.328. The summed E-state index contributed by atoms with van der Waals surface area (Å²) in [6, 6.07) is 14.2. The summed E-state index contributed by atoms with van der Waals surface area (Å²) in [5.74, 6) is 1.32. The van der Waals surface area contributed by atoms with E-state index in [9.17, 15) is 0 Å². The van der Waals surface area contributed by atoms with Gasteiger partial charge in [-0.25, -0.2) is 0 Å². The predicted molar refractivity (Wildman–Crippen MR) is 90.7 cm³/mol. The smallest absolute Gasteiger partial charge is 0.123 e. The van der Waals surface area contributed by atoms with Crippen molar-refractivity contribution in [2.45, 2.75) is 26.7 Å². The minimum absolute atomic E-state index is 0.389. The van der Waals surface area contributed by atoms with Crippen LogP contribution < -0.4 is 10.1 Å². The molecule has 2 aromatic carbocycles. The molecule has 0 bridgehead atoms. The maximum absolute atomic E-state index is 6.20. The average molecular weight is 304 g/mol. The van der Waals surface area contributed by atoms with Crippen LogP contribution in [-0.2, 0) is 0 Å². The van der Waals surface area contributed by atoms with Gasteiger partial charge in [-0.1, -0.05) is 43.6 Å². The molecule has 1 N–H and O–H groups in total. The van der Waals surface area contributed by atoms with Gasteiger partial charge in [-0.3, -0.25) is 0 Å². The summed E-state index contributed by atoms with van der Waals surface area (Å²) in [7, 11) is 0. The van der Waals surface area contributed by atoms with E-state index in [0.29, 0.717) is 12.5 Å². The molecule has 0 radical (unpaired) electrons. The Morgan fingerprint density at radius 2 is 1.86 bits per heavy atom. The van der Waals surface area contributed by atoms with E-state index in [1.165, 1.54) is 0 Å². The molecule has 2 nitrogen and oxygen atoms in total. The van der Waals surface area contributed by atoms with Gasteiger partial charge in [0, 0.05) is 17.3 Å². The highest BCUT2D eigenvalue weighted by molar-refractivity contribution is 6.31. The third kappa shape index (κ3) is 4.40. The van der Waals surface area contributed by atoms with Gasteiger partial charge in [-0.15, -0.1) is 0 Å². The lowest BCUT2D eigenvalue weighted by atomic mass is 10.0. The fourth-order valence-electron chi connectivity index (χ4n) is 2.16. The van der Waals surface area contributed by atoms with Crippen LogP contribution in [-0.4, -0.2) is 13.2 Å². The van der Waals surface area contributed by atoms with E-state index in [2.05, 4.69) is 19.2 Å². The quantitative estimate of drug-likeness (QED) is 0.735. The minimum Gasteiger partial charge on any atom is -0.491 e. The fraction of sp³-hybridized carbons (Fsp3) is 0.333. The second-order valence-electron chi connectivity index (χ2n) is 5.44. The molecular weight excluding hydrogens is 282 g/mol. The summed E-state index contributed by atoms with van der Waals surface area (Å²) < 4.78 is 5.93. The number of benzene rings is 2. The molecular formula is C18H22ClNO. The van der Waals surface area contributed by atoms with Gasteiger partial charge in [0.05, 0.1) is 0 Å². The van der Waals surface area contributed by atoms with Gasteiger partial charge in [0.15, 0.2) is 0 Å². The normalized spacial score (nSPS) is 10.7. The largest absolute Gasteiger partial charge is 0.491 e. The Morgan fingerprint density at radius 3 is 2.52 bits per heavy atom. The van der Waals surface area contributed by atoms with E-state index < -0.39 is 0 Å². The number of rotatable bonds is 6. The SMILES string of the molecule is Cc1cc(OCCNc2ccccc2)c(C(C)C)cc1Cl. The van der Waals surface area contributed by atoms with E-state index >= 15 is 0 Å². The molecule has 0 atom stereocenters. The number of ether oxygens (including phenoxy) is 1. The van der Waals surface area contributed by atoms with Gasteiger partial charge < -0.3 is 10.1 Å². The van der Waals surface area contributed by atoms with Crippen molar-refractivity contribution >= 4 is 17.3 Å². The van der Waals surface area contributed by atoms with Crippen LogP contribution in [0.3, 0.4) is 0 Å². The zero-order valence-electron chi connectivity index (χ0n) is 12.8. The Morgan fingerprint density at radius 1 is 1.14 bits per heavy atom. The van der Waals surface area contributed by atoms with Crippen molar-refractivity contribution < 1.29 is 4.74 Å². The van der Waals surface area contributed by atoms with Crippen molar-refractivity contribution in [3.05, 3.63) is 58.6 Å². The molecule has 0 aromatic heterocycles. The first-order valence-corrected chi connectivity index (χ1v) is 7.67. The molecule has 2 aromatic rings. The Kier molecular flexibility index (Phi) is 5.51. The van der Waals surface area contributed by atoms with Crippen LogP contribution in [0.1, 0.15) is 30.9 Å². The minimum atomic E-state index is 0.389. The number of para-hydroxylation sites is 1. The second kappa shape index (κ2) is 7.37. The van der Waals surface area contributed by atoms with Gasteiger partial charge >= 0.3 is 0 Å². The van der Waals surface area contributed by atoms with Crippen molar-refractivity contribution in [1.29, 1.82) is 0 Å². The molecule has 112 valence electrons. The first-order chi connectivity index (χ1) is 10.1. The third-order valence-electron chi connectivity index (χ3n) is 3.38. The van der Waals surface area contributed by atoms with Crippen LogP contribution >= 0.6 is 11.6 Å². The highest BCUT2D eigenvalue weighted by Gasteiger charge is 2.10. The molecule has 21 heavy (non-hydrogen) atoms. The Balaban J connectivity index is 1.95. The molecule has 0 heterocycles. The van der Waals surface area contributed by atoms with Gasteiger partial charge in [0.1, 0.15) is 12.4 Å². The Bertz CT molecular complexity index is 581. The highest BCUT2D eigenvalue weighted by atomic mass is 35.5. The number of hydrogen-bond acceptors (Lipinski definition) is 2. The lowest BCUT2D eigenvalue weighted by Crippen LogP contribution is -2.12. The Labute approximate surface area is 132 Å². The van der Waals surface area contributed by atoms with E-state index in [4.69, 9.17) is 16.3 Å². The topological polar surface area (TPSA) is 21.3 Å². The fourth-order valence-corrected chi connectivity index (χ4v) is 2.33. The molecule has 0 aliphatic rings. The monoisotopic (exact) mass is 303 g/mol. The van der Waals surface area contributed by atoms with Gasteiger partial charge in [0.2, 0.25) is 0 Å². The average Bonchev–Trinajstić information content (AvgIpc) is 2.47. The number of aryl methyl sites for hydroxylation is 1. The van der Waals surface area contributed by atoms with Crippen LogP contribution in [0.4, 0.5) is 5.69 Å². The van der Waals surface area contributed by atoms with Crippen LogP contribution in [0.2, 0.25) is 5.02 Å². The van der Waals surface area contributed by atoms with Crippen molar-refractivity contribution in [1.82, 2.24) is 0 Å². The van der Waals surface area contributed by atoms with E-state index in [1.807, 2.05) is 49.4 Å². The van der Waals surface area contributed by atoms with Crippen molar-refractivity contribution in [2.24, 2.45) is 0 Å². The molecule has 0 aliphatic heterocycles. The number of anilines is 1. The van der Waals surface area contributed by atoms with Crippen LogP contribution in [0.5, 0.6) is 5.75 Å². The van der Waals surface area contributed by atoms with E-state index in [1.54, 1.807) is 0 Å². The maximum atomic E-state index is 6.20. The third-order valence-corrected chi connectivity index (χ3v) is 3.78. The zero-order valence-corrected chi connectivity index (χ0v) is 13.6. The first-order valence-electron chi connectivity index (χ1n) is 7.29. The van der Waals surface area contributed by atoms with Crippen molar-refractivity contribution in [3.8, 4) is 5.75 Å². The van der Waals surface area contributed by atoms with Crippen LogP contribution in [0.15, 0.2) is 42.5 Å². The second-order valence-corrected chi connectivity index (χ2v) is 5.84. The van der Waals surface area contributed by atoms with Crippen LogP contribution in [0, 0.1) is 6.92 Å². The zero-order chi connectivity index (χ0) is 15.2. The van der Waals surface area contributed by atoms with E-state index in [-0.39, 0.29) is 0 Å². The molecule has 2 rings (SSSR count). The molecule has 0 aliphatic carbocycles. The molecule has 0 saturated heterocycles. The van der Waals surface area contributed by atoms with Gasteiger partial charge in [-0.05, 0) is 48.2 Å². The van der Waals surface area contributed by atoms with Gasteiger partial charge in [-0.2, -0.15) is 0 Å². The number of halogens is 1. The maximum Gasteiger partial charge on any atom is 0.123 e. The number of nitrogens with one attached hydrogen (secondary N) is 1. The first kappa shape index (κ1) is 15.7. The van der Waals surface area contributed by atoms with E-state index in [0.717, 1.165) is 34.1 Å². The predicted octanol–water partition coefficient (Wildman–Crippen LogP) is 5.26. The summed E-state index contributed by atoms with van der Waals surface area (Å²) >= 11 is 6.20. The summed E-state index contributed by atoms with van der Waals surface area (Å²) in [5, 5.41) is 4.14. The highest BCUT2D eigenvalue weighted by Crippen LogP contribution is 2.31. The Hall–Kier alpha value is -1.67. The molecule has 0 saturated carbocycles. The van der Waals surface area contributed by atoms with Crippen molar-refractivity contribution in [3.63, 3.8) is 0 Å². The molecule has 3 heteroatoms. The summed E-state index contributed by atoms with van der Waals surface area (Å²) in [4.78, 5) is 0.